The molecular weight excluding hydrogens is 426 g/mol. The van der Waals surface area contributed by atoms with Gasteiger partial charge in [0.1, 0.15) is 11.8 Å². The number of nitrogens with one attached hydrogen (secondary N) is 1. The van der Waals surface area contributed by atoms with E-state index in [1.54, 1.807) is 0 Å². The van der Waals surface area contributed by atoms with Crippen LogP contribution in [0, 0.1) is 0 Å². The molecule has 0 aliphatic carbocycles. The molecule has 1 unspecified atom stereocenters. The third kappa shape index (κ3) is 5.66. The average molecular weight is 454 g/mol. The summed E-state index contributed by atoms with van der Waals surface area (Å²) in [6.07, 6.45) is 1.61. The molecule has 1 heterocycles. The van der Waals surface area contributed by atoms with Crippen LogP contribution in [0.5, 0.6) is 0 Å². The number of nitrogens with zero attached hydrogens (tertiary/aromatic N) is 1. The first-order valence-corrected chi connectivity index (χ1v) is 11.2. The minimum Gasteiger partial charge on any atom is -0.384 e. The van der Waals surface area contributed by atoms with E-state index in [0.29, 0.717) is 18.8 Å². The fourth-order valence-electron chi connectivity index (χ4n) is 4.02. The number of carbonyl (C=O) groups excluding carboxylic acids is 2. The molecule has 6 nitrogen and oxygen atoms in total. The summed E-state index contributed by atoms with van der Waals surface area (Å²) in [5.41, 5.74) is 10.6. The third-order valence-electron chi connectivity index (χ3n) is 5.76. The maximum absolute atomic E-state index is 12.9. The second-order valence-electron chi connectivity index (χ2n) is 8.23. The molecule has 1 atom stereocenters. The van der Waals surface area contributed by atoms with Gasteiger partial charge in [0.25, 0.3) is 0 Å². The SMILES string of the molecule is NC(=O)Cc1ccc(CC(=O)C2=NCC=C2CNc2ccccc2C(O)c2ccccc2)cc1. The highest BCUT2D eigenvalue weighted by Gasteiger charge is 2.21. The summed E-state index contributed by atoms with van der Waals surface area (Å²) < 4.78 is 0. The van der Waals surface area contributed by atoms with E-state index < -0.39 is 6.10 Å². The zero-order valence-electron chi connectivity index (χ0n) is 18.8. The Morgan fingerprint density at radius 2 is 1.56 bits per heavy atom. The van der Waals surface area contributed by atoms with Crippen molar-refractivity contribution in [2.24, 2.45) is 10.7 Å². The number of benzene rings is 3. The summed E-state index contributed by atoms with van der Waals surface area (Å²) in [5, 5.41) is 14.3. The Morgan fingerprint density at radius 3 is 2.26 bits per heavy atom. The monoisotopic (exact) mass is 453 g/mol. The van der Waals surface area contributed by atoms with Crippen LogP contribution in [0.3, 0.4) is 0 Å². The average Bonchev–Trinajstić information content (AvgIpc) is 3.33. The minimum absolute atomic E-state index is 0.0502. The number of carbonyl (C=O) groups is 2. The van der Waals surface area contributed by atoms with E-state index in [0.717, 1.165) is 33.5 Å². The second kappa shape index (κ2) is 10.7. The van der Waals surface area contributed by atoms with E-state index in [1.807, 2.05) is 84.9 Å². The highest BCUT2D eigenvalue weighted by atomic mass is 16.3. The topological polar surface area (TPSA) is 105 Å². The number of aliphatic hydroxyl groups is 1. The number of Topliss-reactive ketones (excluding diaryl/α,β-unsaturated/α-hetero) is 1. The maximum atomic E-state index is 12.9. The molecule has 0 saturated heterocycles. The van der Waals surface area contributed by atoms with Gasteiger partial charge < -0.3 is 16.2 Å². The second-order valence-corrected chi connectivity index (χ2v) is 8.23. The molecule has 0 radical (unpaired) electrons. The van der Waals surface area contributed by atoms with Crippen molar-refractivity contribution in [2.45, 2.75) is 18.9 Å². The molecule has 0 bridgehead atoms. The molecule has 34 heavy (non-hydrogen) atoms. The number of amides is 1. The van der Waals surface area contributed by atoms with Crippen molar-refractivity contribution >= 4 is 23.1 Å². The molecule has 1 aliphatic rings. The Labute approximate surface area is 198 Å². The Bertz CT molecular complexity index is 1230. The molecule has 6 heteroatoms. The van der Waals surface area contributed by atoms with E-state index in [-0.39, 0.29) is 24.5 Å². The lowest BCUT2D eigenvalue weighted by Gasteiger charge is -2.18. The molecule has 4 N–H and O–H groups in total. The van der Waals surface area contributed by atoms with Gasteiger partial charge in [-0.3, -0.25) is 14.6 Å². The van der Waals surface area contributed by atoms with Crippen molar-refractivity contribution in [1.29, 1.82) is 0 Å². The predicted octanol–water partition coefficient (Wildman–Crippen LogP) is 3.40. The zero-order valence-corrected chi connectivity index (χ0v) is 18.8. The number of aliphatic hydroxyl groups excluding tert-OH is 1. The minimum atomic E-state index is -0.755. The van der Waals surface area contributed by atoms with Crippen LogP contribution >= 0.6 is 0 Å². The van der Waals surface area contributed by atoms with Gasteiger partial charge in [0.15, 0.2) is 5.78 Å². The van der Waals surface area contributed by atoms with Gasteiger partial charge in [0, 0.05) is 24.2 Å². The molecule has 172 valence electrons. The number of anilines is 1. The van der Waals surface area contributed by atoms with Crippen molar-refractivity contribution in [3.8, 4) is 0 Å². The number of hydrogen-bond donors (Lipinski definition) is 3. The van der Waals surface area contributed by atoms with Crippen LogP contribution in [-0.4, -0.2) is 35.6 Å². The largest absolute Gasteiger partial charge is 0.384 e. The molecular formula is C28H27N3O3. The van der Waals surface area contributed by atoms with Gasteiger partial charge in [-0.15, -0.1) is 0 Å². The van der Waals surface area contributed by atoms with E-state index in [9.17, 15) is 14.7 Å². The van der Waals surface area contributed by atoms with Crippen molar-refractivity contribution in [3.63, 3.8) is 0 Å². The lowest BCUT2D eigenvalue weighted by molar-refractivity contribution is -0.117. The van der Waals surface area contributed by atoms with E-state index >= 15 is 0 Å². The molecule has 1 amide bonds. The fraction of sp³-hybridized carbons (Fsp3) is 0.179. The molecule has 0 saturated carbocycles. The van der Waals surface area contributed by atoms with Crippen molar-refractivity contribution in [2.75, 3.05) is 18.4 Å². The highest BCUT2D eigenvalue weighted by Crippen LogP contribution is 2.28. The highest BCUT2D eigenvalue weighted by molar-refractivity contribution is 6.47. The number of ketones is 1. The first-order chi connectivity index (χ1) is 16.5. The summed E-state index contributed by atoms with van der Waals surface area (Å²) in [7, 11) is 0. The number of rotatable bonds is 10. The molecule has 4 rings (SSSR count). The van der Waals surface area contributed by atoms with Crippen LogP contribution in [0.1, 0.15) is 28.4 Å². The van der Waals surface area contributed by atoms with Crippen molar-refractivity contribution in [3.05, 3.63) is 113 Å². The first-order valence-electron chi connectivity index (χ1n) is 11.2. The van der Waals surface area contributed by atoms with Crippen LogP contribution in [0.25, 0.3) is 0 Å². The van der Waals surface area contributed by atoms with Gasteiger partial charge in [-0.1, -0.05) is 78.9 Å². The molecule has 0 fully saturated rings. The standard InChI is InChI=1S/C28H27N3O3/c29-26(33)17-20-12-10-19(11-13-20)16-25(32)27-22(14-15-30-27)18-31-24-9-5-4-8-23(24)28(34)21-6-2-1-3-7-21/h1-14,28,31,34H,15-18H2,(H2,29,33). The number of hydrogen-bond acceptors (Lipinski definition) is 5. The van der Waals surface area contributed by atoms with Crippen LogP contribution < -0.4 is 11.1 Å². The quantitative estimate of drug-likeness (QED) is 0.438. The van der Waals surface area contributed by atoms with Crippen LogP contribution in [0.4, 0.5) is 5.69 Å². The van der Waals surface area contributed by atoms with Crippen LogP contribution in [0.15, 0.2) is 95.5 Å². The number of nitrogens with two attached hydrogens (primary N) is 1. The van der Waals surface area contributed by atoms with E-state index in [2.05, 4.69) is 10.3 Å². The van der Waals surface area contributed by atoms with Gasteiger partial charge in [-0.05, 0) is 28.3 Å². The smallest absolute Gasteiger partial charge is 0.221 e. The lowest BCUT2D eigenvalue weighted by atomic mass is 9.98. The maximum Gasteiger partial charge on any atom is 0.221 e. The molecule has 3 aromatic carbocycles. The zero-order chi connectivity index (χ0) is 23.9. The van der Waals surface area contributed by atoms with Gasteiger partial charge >= 0.3 is 0 Å². The number of primary amides is 1. The normalized spacial score (nSPS) is 13.7. The van der Waals surface area contributed by atoms with Gasteiger partial charge in [-0.2, -0.15) is 0 Å². The van der Waals surface area contributed by atoms with Crippen molar-refractivity contribution < 1.29 is 14.7 Å². The molecule has 1 aliphatic heterocycles. The Kier molecular flexibility index (Phi) is 7.30. The summed E-state index contributed by atoms with van der Waals surface area (Å²) >= 11 is 0. The Morgan fingerprint density at radius 1 is 0.912 bits per heavy atom. The Balaban J connectivity index is 1.40. The summed E-state index contributed by atoms with van der Waals surface area (Å²) in [5.74, 6) is -0.435. The first kappa shape index (κ1) is 23.1. The molecule has 0 aromatic heterocycles. The van der Waals surface area contributed by atoms with E-state index in [4.69, 9.17) is 5.73 Å². The van der Waals surface area contributed by atoms with Crippen LogP contribution in [0.2, 0.25) is 0 Å². The summed E-state index contributed by atoms with van der Waals surface area (Å²) in [4.78, 5) is 28.4. The molecule has 3 aromatic rings. The number of para-hydroxylation sites is 1. The predicted molar refractivity (Wildman–Crippen MR) is 134 cm³/mol. The summed E-state index contributed by atoms with van der Waals surface area (Å²) in [6, 6.07) is 24.4. The van der Waals surface area contributed by atoms with Gasteiger partial charge in [-0.25, -0.2) is 0 Å². The molecule has 0 spiro atoms. The fourth-order valence-corrected chi connectivity index (χ4v) is 4.02. The number of aliphatic imine (C=N–C) groups is 1. The van der Waals surface area contributed by atoms with Crippen LogP contribution in [-0.2, 0) is 22.4 Å². The van der Waals surface area contributed by atoms with Crippen molar-refractivity contribution in [1.82, 2.24) is 0 Å². The van der Waals surface area contributed by atoms with E-state index in [1.165, 1.54) is 0 Å². The van der Waals surface area contributed by atoms with Gasteiger partial charge in [0.2, 0.25) is 5.91 Å². The Hall–Kier alpha value is -4.03. The third-order valence-corrected chi connectivity index (χ3v) is 5.76. The van der Waals surface area contributed by atoms with Gasteiger partial charge in [0.05, 0.1) is 13.0 Å². The summed E-state index contributed by atoms with van der Waals surface area (Å²) in [6.45, 7) is 0.907. The lowest BCUT2D eigenvalue weighted by Crippen LogP contribution is -2.22.